The van der Waals surface area contributed by atoms with Crippen LogP contribution in [0.2, 0.25) is 0 Å². The predicted octanol–water partition coefficient (Wildman–Crippen LogP) is 1.35. The zero-order chi connectivity index (χ0) is 12.4. The van der Waals surface area contributed by atoms with Crippen molar-refractivity contribution in [2.24, 2.45) is 0 Å². The molecule has 1 aromatic rings. The number of likely N-dealkylation sites (tertiary alicyclic amines) is 1. The average Bonchev–Trinajstić information content (AvgIpc) is 3.09. The van der Waals surface area contributed by atoms with Gasteiger partial charge in [-0.2, -0.15) is 4.98 Å². The van der Waals surface area contributed by atoms with E-state index in [4.69, 9.17) is 4.52 Å². The van der Waals surface area contributed by atoms with E-state index in [9.17, 15) is 0 Å². The first kappa shape index (κ1) is 12.1. The summed E-state index contributed by atoms with van der Waals surface area (Å²) in [7, 11) is 0. The number of nitrogens with one attached hydrogen (secondary N) is 1. The molecule has 2 atom stereocenters. The summed E-state index contributed by atoms with van der Waals surface area (Å²) >= 11 is 0. The quantitative estimate of drug-likeness (QED) is 0.877. The molecule has 0 spiro atoms. The van der Waals surface area contributed by atoms with Crippen molar-refractivity contribution in [3.05, 3.63) is 11.7 Å². The molecule has 3 heterocycles. The van der Waals surface area contributed by atoms with Gasteiger partial charge in [0, 0.05) is 19.0 Å². The molecule has 1 aromatic heterocycles. The van der Waals surface area contributed by atoms with Gasteiger partial charge in [0.2, 0.25) is 5.89 Å². The molecule has 2 unspecified atom stereocenters. The van der Waals surface area contributed by atoms with Crippen LogP contribution in [-0.4, -0.2) is 47.8 Å². The van der Waals surface area contributed by atoms with E-state index in [1.807, 2.05) is 0 Å². The fraction of sp³-hybridized carbons (Fsp3) is 0.846. The zero-order valence-corrected chi connectivity index (χ0v) is 11.1. The lowest BCUT2D eigenvalue weighted by atomic mass is 9.98. The van der Waals surface area contributed by atoms with Crippen molar-refractivity contribution >= 4 is 0 Å². The van der Waals surface area contributed by atoms with Gasteiger partial charge in [-0.25, -0.2) is 0 Å². The molecule has 2 aliphatic heterocycles. The molecule has 5 nitrogen and oxygen atoms in total. The molecule has 100 valence electrons. The van der Waals surface area contributed by atoms with E-state index in [2.05, 4.69) is 27.3 Å². The Morgan fingerprint density at radius 2 is 2.33 bits per heavy atom. The van der Waals surface area contributed by atoms with Gasteiger partial charge < -0.3 is 14.7 Å². The lowest BCUT2D eigenvalue weighted by Gasteiger charge is -2.29. The van der Waals surface area contributed by atoms with E-state index in [1.165, 1.54) is 19.4 Å². The standard InChI is InChI=1S/C13H22N4O/c1-2-17-7-3-4-11(9-17)13-15-12(16-18-13)10-5-6-14-8-10/h10-11,14H,2-9H2,1H3. The lowest BCUT2D eigenvalue weighted by Crippen LogP contribution is -2.34. The van der Waals surface area contributed by atoms with E-state index in [0.29, 0.717) is 11.8 Å². The normalized spacial score (nSPS) is 29.8. The van der Waals surface area contributed by atoms with Crippen LogP contribution in [0.25, 0.3) is 0 Å². The summed E-state index contributed by atoms with van der Waals surface area (Å²) in [5.41, 5.74) is 0. The van der Waals surface area contributed by atoms with Crippen LogP contribution < -0.4 is 5.32 Å². The maximum absolute atomic E-state index is 5.49. The third-order valence-corrected chi connectivity index (χ3v) is 4.18. The molecule has 0 radical (unpaired) electrons. The number of hydrogen-bond acceptors (Lipinski definition) is 5. The largest absolute Gasteiger partial charge is 0.339 e. The molecular formula is C13H22N4O. The van der Waals surface area contributed by atoms with Gasteiger partial charge in [0.15, 0.2) is 5.82 Å². The van der Waals surface area contributed by atoms with Gasteiger partial charge in [-0.05, 0) is 38.9 Å². The monoisotopic (exact) mass is 250 g/mol. The topological polar surface area (TPSA) is 54.2 Å². The molecule has 2 aliphatic rings. The summed E-state index contributed by atoms with van der Waals surface area (Å²) in [4.78, 5) is 7.11. The Morgan fingerprint density at radius 1 is 1.39 bits per heavy atom. The van der Waals surface area contributed by atoms with Crippen molar-refractivity contribution in [1.29, 1.82) is 0 Å². The molecule has 3 rings (SSSR count). The second-order valence-electron chi connectivity index (χ2n) is 5.41. The van der Waals surface area contributed by atoms with Crippen LogP contribution in [0.4, 0.5) is 0 Å². The summed E-state index contributed by atoms with van der Waals surface area (Å²) in [5, 5.41) is 7.53. The second-order valence-corrected chi connectivity index (χ2v) is 5.41. The maximum atomic E-state index is 5.49. The van der Waals surface area contributed by atoms with Crippen LogP contribution >= 0.6 is 0 Å². The number of rotatable bonds is 3. The molecule has 0 aliphatic carbocycles. The Morgan fingerprint density at radius 3 is 3.11 bits per heavy atom. The Labute approximate surface area is 108 Å². The van der Waals surface area contributed by atoms with Gasteiger partial charge in [0.1, 0.15) is 0 Å². The molecular weight excluding hydrogens is 228 g/mol. The third-order valence-electron chi connectivity index (χ3n) is 4.18. The maximum Gasteiger partial charge on any atom is 0.231 e. The van der Waals surface area contributed by atoms with Crippen LogP contribution in [0.15, 0.2) is 4.52 Å². The predicted molar refractivity (Wildman–Crippen MR) is 68.6 cm³/mol. The highest BCUT2D eigenvalue weighted by atomic mass is 16.5. The molecule has 0 amide bonds. The first-order chi connectivity index (χ1) is 8.86. The van der Waals surface area contributed by atoms with Crippen LogP contribution in [0, 0.1) is 0 Å². The molecule has 5 heteroatoms. The fourth-order valence-corrected chi connectivity index (χ4v) is 3.00. The minimum atomic E-state index is 0.439. The molecule has 1 N–H and O–H groups in total. The Kier molecular flexibility index (Phi) is 3.61. The fourth-order valence-electron chi connectivity index (χ4n) is 3.00. The Balaban J connectivity index is 1.68. The molecule has 0 bridgehead atoms. The van der Waals surface area contributed by atoms with Crippen molar-refractivity contribution < 1.29 is 4.52 Å². The summed E-state index contributed by atoms with van der Waals surface area (Å²) in [6.45, 7) is 7.67. The number of hydrogen-bond donors (Lipinski definition) is 1. The second kappa shape index (κ2) is 5.36. The minimum Gasteiger partial charge on any atom is -0.339 e. The lowest BCUT2D eigenvalue weighted by molar-refractivity contribution is 0.194. The van der Waals surface area contributed by atoms with Crippen molar-refractivity contribution in [1.82, 2.24) is 20.4 Å². The van der Waals surface area contributed by atoms with E-state index in [-0.39, 0.29) is 0 Å². The van der Waals surface area contributed by atoms with Crippen LogP contribution in [0.5, 0.6) is 0 Å². The van der Waals surface area contributed by atoms with Crippen molar-refractivity contribution in [3.63, 3.8) is 0 Å². The Hall–Kier alpha value is -0.940. The van der Waals surface area contributed by atoms with E-state index in [1.54, 1.807) is 0 Å². The van der Waals surface area contributed by atoms with Gasteiger partial charge >= 0.3 is 0 Å². The van der Waals surface area contributed by atoms with Crippen LogP contribution in [0.1, 0.15) is 49.7 Å². The molecule has 0 saturated carbocycles. The molecule has 2 fully saturated rings. The first-order valence-electron chi connectivity index (χ1n) is 7.13. The van der Waals surface area contributed by atoms with Gasteiger partial charge in [-0.1, -0.05) is 12.1 Å². The summed E-state index contributed by atoms with van der Waals surface area (Å²) < 4.78 is 5.49. The van der Waals surface area contributed by atoms with Gasteiger partial charge in [0.05, 0.1) is 5.92 Å². The Bertz CT molecular complexity index is 386. The smallest absolute Gasteiger partial charge is 0.231 e. The molecule has 18 heavy (non-hydrogen) atoms. The zero-order valence-electron chi connectivity index (χ0n) is 11.1. The van der Waals surface area contributed by atoms with Crippen LogP contribution in [0.3, 0.4) is 0 Å². The molecule has 0 aromatic carbocycles. The van der Waals surface area contributed by atoms with Crippen LogP contribution in [-0.2, 0) is 0 Å². The van der Waals surface area contributed by atoms with Gasteiger partial charge in [0.25, 0.3) is 0 Å². The minimum absolute atomic E-state index is 0.439. The van der Waals surface area contributed by atoms with Gasteiger partial charge in [-0.3, -0.25) is 0 Å². The van der Waals surface area contributed by atoms with Gasteiger partial charge in [-0.15, -0.1) is 0 Å². The van der Waals surface area contributed by atoms with E-state index >= 15 is 0 Å². The average molecular weight is 250 g/mol. The van der Waals surface area contributed by atoms with Crippen molar-refractivity contribution in [2.75, 3.05) is 32.7 Å². The van der Waals surface area contributed by atoms with E-state index < -0.39 is 0 Å². The summed E-state index contributed by atoms with van der Waals surface area (Å²) in [6.07, 6.45) is 3.55. The number of nitrogens with zero attached hydrogens (tertiary/aromatic N) is 3. The number of likely N-dealkylation sites (N-methyl/N-ethyl adjacent to an activating group) is 1. The summed E-state index contributed by atoms with van der Waals surface area (Å²) in [6, 6.07) is 0. The SMILES string of the molecule is CCN1CCCC(c2nc(C3CCNC3)no2)C1. The molecule has 2 saturated heterocycles. The first-order valence-corrected chi connectivity index (χ1v) is 7.13. The third kappa shape index (κ3) is 2.42. The highest BCUT2D eigenvalue weighted by molar-refractivity contribution is 5.03. The number of aromatic nitrogens is 2. The highest BCUT2D eigenvalue weighted by Gasteiger charge is 2.27. The summed E-state index contributed by atoms with van der Waals surface area (Å²) in [5.74, 6) is 2.65. The number of piperidine rings is 1. The van der Waals surface area contributed by atoms with Crippen molar-refractivity contribution in [3.8, 4) is 0 Å². The van der Waals surface area contributed by atoms with Crippen molar-refractivity contribution in [2.45, 2.75) is 38.0 Å². The highest BCUT2D eigenvalue weighted by Crippen LogP contribution is 2.27. The van der Waals surface area contributed by atoms with E-state index in [0.717, 1.165) is 44.3 Å².